The fourth-order valence-electron chi connectivity index (χ4n) is 4.68. The van der Waals surface area contributed by atoms with Crippen molar-refractivity contribution in [3.63, 3.8) is 0 Å². The molecule has 5 rings (SSSR count). The normalized spacial score (nSPS) is 16.0. The number of carbonyl (C=O) groups is 2. The Morgan fingerprint density at radius 2 is 1.62 bits per heavy atom. The fourth-order valence-corrected chi connectivity index (χ4v) is 6.38. The molecule has 2 aliphatic heterocycles. The molecule has 0 aliphatic carbocycles. The van der Waals surface area contributed by atoms with Crippen LogP contribution in [-0.2, 0) is 10.0 Å². The van der Waals surface area contributed by atoms with Gasteiger partial charge in [0, 0.05) is 36.3 Å². The van der Waals surface area contributed by atoms with Crippen molar-refractivity contribution < 1.29 is 18.0 Å². The summed E-state index contributed by atoms with van der Waals surface area (Å²) in [5.74, 6) is -0.449. The molecule has 3 aromatic rings. The molecular weight excluding hydrogens is 450 g/mol. The smallest absolute Gasteiger partial charge is 0.264 e. The molecule has 0 atom stereocenters. The first-order valence-electron chi connectivity index (χ1n) is 11.4. The van der Waals surface area contributed by atoms with Crippen molar-refractivity contribution in [3.05, 3.63) is 77.9 Å². The highest BCUT2D eigenvalue weighted by Crippen LogP contribution is 2.43. The zero-order valence-corrected chi connectivity index (χ0v) is 19.6. The number of amides is 2. The summed E-state index contributed by atoms with van der Waals surface area (Å²) in [6.07, 6.45) is 1.97. The molecule has 174 valence electrons. The summed E-state index contributed by atoms with van der Waals surface area (Å²) in [6.45, 7) is 3.51. The number of anilines is 2. The Bertz CT molecular complexity index is 1390. The summed E-state index contributed by atoms with van der Waals surface area (Å²) in [6, 6.07) is 18.8. The average Bonchev–Trinajstić information content (AvgIpc) is 3.39. The summed E-state index contributed by atoms with van der Waals surface area (Å²) < 4.78 is 27.5. The van der Waals surface area contributed by atoms with Gasteiger partial charge in [0.25, 0.3) is 21.8 Å². The molecule has 8 heteroatoms. The number of likely N-dealkylation sites (tertiary alicyclic amines) is 1. The Hall–Kier alpha value is -3.65. The second-order valence-electron chi connectivity index (χ2n) is 8.40. The number of hydrogen-bond acceptors (Lipinski definition) is 4. The van der Waals surface area contributed by atoms with Gasteiger partial charge in [0.2, 0.25) is 0 Å². The molecule has 1 N–H and O–H groups in total. The number of benzene rings is 3. The fraction of sp³-hybridized carbons (Fsp3) is 0.231. The molecule has 0 radical (unpaired) electrons. The summed E-state index contributed by atoms with van der Waals surface area (Å²) in [4.78, 5) is 28.2. The average molecular weight is 476 g/mol. The van der Waals surface area contributed by atoms with Gasteiger partial charge in [0.05, 0.1) is 21.8 Å². The number of fused-ring (bicyclic) bond motifs is 3. The summed E-state index contributed by atoms with van der Waals surface area (Å²) in [5, 5.41) is 2.89. The van der Waals surface area contributed by atoms with Gasteiger partial charge in [-0.25, -0.2) is 8.42 Å². The van der Waals surface area contributed by atoms with Crippen LogP contribution < -0.4 is 9.62 Å². The molecule has 2 heterocycles. The second kappa shape index (κ2) is 8.61. The summed E-state index contributed by atoms with van der Waals surface area (Å²) >= 11 is 0. The molecular formula is C26H25N3O4S. The molecule has 1 saturated heterocycles. The quantitative estimate of drug-likeness (QED) is 0.607. The summed E-state index contributed by atoms with van der Waals surface area (Å²) in [5.41, 5.74) is 3.10. The Kier molecular flexibility index (Phi) is 5.61. The van der Waals surface area contributed by atoms with E-state index in [4.69, 9.17) is 0 Å². The van der Waals surface area contributed by atoms with Gasteiger partial charge < -0.3 is 10.2 Å². The van der Waals surface area contributed by atoms with Gasteiger partial charge in [-0.2, -0.15) is 0 Å². The molecule has 1 fully saturated rings. The molecule has 2 aliphatic rings. The van der Waals surface area contributed by atoms with Gasteiger partial charge in [0.1, 0.15) is 0 Å². The van der Waals surface area contributed by atoms with Crippen LogP contribution in [0.5, 0.6) is 0 Å². The van der Waals surface area contributed by atoms with E-state index in [0.29, 0.717) is 33.6 Å². The van der Waals surface area contributed by atoms with Gasteiger partial charge >= 0.3 is 0 Å². The highest BCUT2D eigenvalue weighted by molar-refractivity contribution is 7.93. The minimum Gasteiger partial charge on any atom is -0.339 e. The zero-order chi connectivity index (χ0) is 23.9. The lowest BCUT2D eigenvalue weighted by molar-refractivity contribution is 0.0794. The molecule has 0 unspecified atom stereocenters. The van der Waals surface area contributed by atoms with E-state index in [9.17, 15) is 18.0 Å². The minimum atomic E-state index is -3.66. The third kappa shape index (κ3) is 3.64. The van der Waals surface area contributed by atoms with Crippen LogP contribution in [-0.4, -0.2) is 44.8 Å². The van der Waals surface area contributed by atoms with Crippen LogP contribution in [0.15, 0.2) is 71.6 Å². The van der Waals surface area contributed by atoms with Crippen LogP contribution in [0.2, 0.25) is 0 Å². The highest BCUT2D eigenvalue weighted by atomic mass is 32.2. The van der Waals surface area contributed by atoms with Crippen LogP contribution in [0.25, 0.3) is 11.1 Å². The lowest BCUT2D eigenvalue weighted by atomic mass is 9.99. The molecule has 3 aromatic carbocycles. The van der Waals surface area contributed by atoms with Gasteiger partial charge in [-0.1, -0.05) is 30.3 Å². The van der Waals surface area contributed by atoms with Crippen LogP contribution in [0, 0.1) is 0 Å². The largest absolute Gasteiger partial charge is 0.339 e. The van der Waals surface area contributed by atoms with Gasteiger partial charge in [-0.05, 0) is 56.2 Å². The van der Waals surface area contributed by atoms with Crippen LogP contribution >= 0.6 is 0 Å². The third-order valence-corrected chi connectivity index (χ3v) is 8.31. The van der Waals surface area contributed by atoms with E-state index < -0.39 is 10.0 Å². The Labute approximate surface area is 199 Å². The topological polar surface area (TPSA) is 86.8 Å². The van der Waals surface area contributed by atoms with E-state index in [2.05, 4.69) is 5.32 Å². The highest BCUT2D eigenvalue weighted by Gasteiger charge is 2.34. The maximum absolute atomic E-state index is 13.2. The number of nitrogens with zero attached hydrogens (tertiary/aromatic N) is 2. The van der Waals surface area contributed by atoms with Crippen molar-refractivity contribution in [3.8, 4) is 11.1 Å². The first-order chi connectivity index (χ1) is 16.4. The molecule has 0 aromatic heterocycles. The first-order valence-corrected chi connectivity index (χ1v) is 12.8. The van der Waals surface area contributed by atoms with E-state index in [0.717, 1.165) is 25.9 Å². The van der Waals surface area contributed by atoms with E-state index >= 15 is 0 Å². The first kappa shape index (κ1) is 22.2. The monoisotopic (exact) mass is 475 g/mol. The van der Waals surface area contributed by atoms with Gasteiger partial charge in [0.15, 0.2) is 0 Å². The minimum absolute atomic E-state index is 0.0865. The lowest BCUT2D eigenvalue weighted by Crippen LogP contribution is -2.34. The van der Waals surface area contributed by atoms with Crippen molar-refractivity contribution in [1.82, 2.24) is 4.90 Å². The Morgan fingerprint density at radius 1 is 0.912 bits per heavy atom. The van der Waals surface area contributed by atoms with E-state index in [1.54, 1.807) is 78.6 Å². The standard InChI is InChI=1S/C26H25N3O4S/c1-2-29-23-14-13-18(17-21(23)19-9-4-6-12-24(19)34(29,32)33)25(30)27-22-11-5-3-10-20(22)26(31)28-15-7-8-16-28/h3-6,9-14,17H,2,7-8,15-16H2,1H3,(H,27,30). The second-order valence-corrected chi connectivity index (χ2v) is 10.2. The maximum Gasteiger partial charge on any atom is 0.264 e. The molecule has 2 amide bonds. The van der Waals surface area contributed by atoms with Crippen molar-refractivity contribution in [2.45, 2.75) is 24.7 Å². The van der Waals surface area contributed by atoms with E-state index in [1.807, 2.05) is 0 Å². The molecule has 0 saturated carbocycles. The molecule has 0 spiro atoms. The van der Waals surface area contributed by atoms with Gasteiger partial charge in [-0.15, -0.1) is 0 Å². The number of carbonyl (C=O) groups excluding carboxylic acids is 2. The van der Waals surface area contributed by atoms with Crippen molar-refractivity contribution in [1.29, 1.82) is 0 Å². The number of nitrogens with one attached hydrogen (secondary N) is 1. The number of hydrogen-bond donors (Lipinski definition) is 1. The number of para-hydroxylation sites is 1. The van der Waals surface area contributed by atoms with Crippen LogP contribution in [0.4, 0.5) is 11.4 Å². The van der Waals surface area contributed by atoms with Crippen LogP contribution in [0.1, 0.15) is 40.5 Å². The van der Waals surface area contributed by atoms with E-state index in [-0.39, 0.29) is 23.3 Å². The SMILES string of the molecule is CCN1c2ccc(C(=O)Nc3ccccc3C(=O)N3CCCC3)cc2-c2ccccc2S1(=O)=O. The zero-order valence-electron chi connectivity index (χ0n) is 18.8. The Morgan fingerprint density at radius 3 is 2.38 bits per heavy atom. The third-order valence-electron chi connectivity index (χ3n) is 6.36. The van der Waals surface area contributed by atoms with Gasteiger partial charge in [-0.3, -0.25) is 13.9 Å². The Balaban J connectivity index is 1.50. The van der Waals surface area contributed by atoms with E-state index in [1.165, 1.54) is 4.31 Å². The lowest BCUT2D eigenvalue weighted by Gasteiger charge is -2.31. The summed E-state index contributed by atoms with van der Waals surface area (Å²) in [7, 11) is -3.66. The maximum atomic E-state index is 13.2. The van der Waals surface area contributed by atoms with Crippen molar-refractivity contribution >= 4 is 33.2 Å². The predicted octanol–water partition coefficient (Wildman–Crippen LogP) is 4.37. The molecule has 34 heavy (non-hydrogen) atoms. The van der Waals surface area contributed by atoms with Crippen LogP contribution in [0.3, 0.4) is 0 Å². The predicted molar refractivity (Wildman–Crippen MR) is 132 cm³/mol. The number of sulfonamides is 1. The van der Waals surface area contributed by atoms with Crippen molar-refractivity contribution in [2.24, 2.45) is 0 Å². The molecule has 7 nitrogen and oxygen atoms in total. The van der Waals surface area contributed by atoms with Crippen molar-refractivity contribution in [2.75, 3.05) is 29.3 Å². The number of rotatable bonds is 4. The molecule has 0 bridgehead atoms.